The van der Waals surface area contributed by atoms with E-state index in [4.69, 9.17) is 5.11 Å². The van der Waals surface area contributed by atoms with Crippen molar-refractivity contribution in [3.63, 3.8) is 0 Å². The normalized spacial score (nSPS) is 12.8. The number of carbonyl (C=O) groups is 2. The van der Waals surface area contributed by atoms with Gasteiger partial charge in [0, 0.05) is 17.8 Å². The SMILES string of the molecule is CCN(CCO)C(C)C(=O)c1[nH]c(C)c(C(C)=O)c1C. The Hall–Kier alpha value is -1.46. The molecule has 5 heteroatoms. The molecule has 1 heterocycles. The number of aromatic amines is 1. The van der Waals surface area contributed by atoms with Gasteiger partial charge in [-0.25, -0.2) is 0 Å². The first-order valence-corrected chi connectivity index (χ1v) is 6.94. The summed E-state index contributed by atoms with van der Waals surface area (Å²) >= 11 is 0. The fraction of sp³-hybridized carbons (Fsp3) is 0.600. The van der Waals surface area contributed by atoms with Crippen LogP contribution in [-0.4, -0.2) is 52.3 Å². The van der Waals surface area contributed by atoms with E-state index in [-0.39, 0.29) is 24.2 Å². The lowest BCUT2D eigenvalue weighted by Gasteiger charge is -2.25. The van der Waals surface area contributed by atoms with Crippen molar-refractivity contribution >= 4 is 11.6 Å². The molecule has 20 heavy (non-hydrogen) atoms. The third-order valence-electron chi connectivity index (χ3n) is 3.76. The van der Waals surface area contributed by atoms with E-state index < -0.39 is 0 Å². The number of aliphatic hydroxyl groups excluding tert-OH is 1. The summed E-state index contributed by atoms with van der Waals surface area (Å²) in [6.07, 6.45) is 0. The number of hydrogen-bond donors (Lipinski definition) is 2. The number of hydrogen-bond acceptors (Lipinski definition) is 4. The van der Waals surface area contributed by atoms with E-state index in [1.54, 1.807) is 13.8 Å². The van der Waals surface area contributed by atoms with Crippen molar-refractivity contribution in [3.05, 3.63) is 22.5 Å². The van der Waals surface area contributed by atoms with Crippen molar-refractivity contribution in [2.45, 2.75) is 40.7 Å². The van der Waals surface area contributed by atoms with Crippen LogP contribution in [0.1, 0.15) is 52.9 Å². The molecular weight excluding hydrogens is 256 g/mol. The molecular formula is C15H24N2O3. The van der Waals surface area contributed by atoms with Crippen molar-refractivity contribution in [1.82, 2.24) is 9.88 Å². The van der Waals surface area contributed by atoms with Crippen LogP contribution in [-0.2, 0) is 0 Å². The number of carbonyl (C=O) groups excluding carboxylic acids is 2. The molecule has 1 atom stereocenters. The molecule has 0 fully saturated rings. The molecule has 112 valence electrons. The van der Waals surface area contributed by atoms with Gasteiger partial charge in [0.2, 0.25) is 0 Å². The monoisotopic (exact) mass is 280 g/mol. The molecule has 1 unspecified atom stereocenters. The summed E-state index contributed by atoms with van der Waals surface area (Å²) in [6, 6.07) is -0.330. The van der Waals surface area contributed by atoms with E-state index in [0.717, 1.165) is 5.69 Å². The van der Waals surface area contributed by atoms with E-state index in [1.165, 1.54) is 6.92 Å². The highest BCUT2D eigenvalue weighted by atomic mass is 16.3. The molecule has 0 aromatic carbocycles. The van der Waals surface area contributed by atoms with Gasteiger partial charge >= 0.3 is 0 Å². The van der Waals surface area contributed by atoms with Gasteiger partial charge < -0.3 is 10.1 Å². The minimum atomic E-state index is -0.330. The zero-order valence-corrected chi connectivity index (χ0v) is 12.9. The number of rotatable bonds is 7. The van der Waals surface area contributed by atoms with Gasteiger partial charge in [0.25, 0.3) is 0 Å². The van der Waals surface area contributed by atoms with Crippen LogP contribution in [0.4, 0.5) is 0 Å². The average molecular weight is 280 g/mol. The first-order chi connectivity index (χ1) is 9.34. The number of Topliss-reactive ketones (excluding diaryl/α,β-unsaturated/α-hetero) is 2. The van der Waals surface area contributed by atoms with Gasteiger partial charge in [0.1, 0.15) is 0 Å². The molecule has 5 nitrogen and oxygen atoms in total. The fourth-order valence-electron chi connectivity index (χ4n) is 2.65. The van der Waals surface area contributed by atoms with Crippen molar-refractivity contribution in [1.29, 1.82) is 0 Å². The number of nitrogens with one attached hydrogen (secondary N) is 1. The average Bonchev–Trinajstić information content (AvgIpc) is 2.69. The van der Waals surface area contributed by atoms with Crippen LogP contribution in [0.3, 0.4) is 0 Å². The minimum Gasteiger partial charge on any atom is -0.395 e. The maximum Gasteiger partial charge on any atom is 0.196 e. The standard InChI is InChI=1S/C15H24N2O3/c1-6-17(7-8-18)11(4)15(20)14-9(2)13(12(5)19)10(3)16-14/h11,16,18H,6-8H2,1-5H3. The van der Waals surface area contributed by atoms with Gasteiger partial charge in [-0.1, -0.05) is 6.92 Å². The Morgan fingerprint density at radius 2 is 1.95 bits per heavy atom. The molecule has 0 spiro atoms. The van der Waals surface area contributed by atoms with E-state index in [2.05, 4.69) is 4.98 Å². The molecule has 0 aliphatic carbocycles. The topological polar surface area (TPSA) is 73.4 Å². The van der Waals surface area contributed by atoms with Crippen molar-refractivity contribution in [2.75, 3.05) is 19.7 Å². The smallest absolute Gasteiger partial charge is 0.196 e. The van der Waals surface area contributed by atoms with Crippen molar-refractivity contribution in [3.8, 4) is 0 Å². The summed E-state index contributed by atoms with van der Waals surface area (Å²) in [6.45, 7) is 10.0. The quantitative estimate of drug-likeness (QED) is 0.746. The molecule has 1 rings (SSSR count). The van der Waals surface area contributed by atoms with Crippen LogP contribution in [0, 0.1) is 13.8 Å². The molecule has 1 aromatic rings. The van der Waals surface area contributed by atoms with Crippen LogP contribution < -0.4 is 0 Å². The zero-order valence-electron chi connectivity index (χ0n) is 12.9. The maximum absolute atomic E-state index is 12.6. The second-order valence-electron chi connectivity index (χ2n) is 5.07. The third-order valence-corrected chi connectivity index (χ3v) is 3.76. The molecule has 0 radical (unpaired) electrons. The van der Waals surface area contributed by atoms with Crippen LogP contribution in [0.5, 0.6) is 0 Å². The van der Waals surface area contributed by atoms with Crippen LogP contribution in [0.2, 0.25) is 0 Å². The number of likely N-dealkylation sites (N-methyl/N-ethyl adjacent to an activating group) is 1. The summed E-state index contributed by atoms with van der Waals surface area (Å²) in [4.78, 5) is 29.1. The Labute approximate surface area is 120 Å². The Kier molecular flexibility index (Phi) is 5.65. The lowest BCUT2D eigenvalue weighted by atomic mass is 10.0. The first kappa shape index (κ1) is 16.6. The highest BCUT2D eigenvalue weighted by Gasteiger charge is 2.26. The number of H-pyrrole nitrogens is 1. The van der Waals surface area contributed by atoms with Crippen molar-refractivity contribution < 1.29 is 14.7 Å². The maximum atomic E-state index is 12.6. The van der Waals surface area contributed by atoms with Gasteiger partial charge in [-0.2, -0.15) is 0 Å². The van der Waals surface area contributed by atoms with E-state index in [1.807, 2.05) is 18.7 Å². The highest BCUT2D eigenvalue weighted by molar-refractivity contribution is 6.05. The van der Waals surface area contributed by atoms with E-state index >= 15 is 0 Å². The number of nitrogens with zero attached hydrogens (tertiary/aromatic N) is 1. The second-order valence-corrected chi connectivity index (χ2v) is 5.07. The lowest BCUT2D eigenvalue weighted by molar-refractivity contribution is 0.0812. The molecule has 0 saturated heterocycles. The van der Waals surface area contributed by atoms with E-state index in [9.17, 15) is 9.59 Å². The predicted octanol–water partition coefficient (Wildman–Crippen LogP) is 1.72. The Bertz CT molecular complexity index is 505. The lowest BCUT2D eigenvalue weighted by Crippen LogP contribution is -2.41. The molecule has 0 aliphatic heterocycles. The van der Waals surface area contributed by atoms with E-state index in [0.29, 0.717) is 29.9 Å². The third kappa shape index (κ3) is 3.16. The summed E-state index contributed by atoms with van der Waals surface area (Å²) < 4.78 is 0. The number of aryl methyl sites for hydroxylation is 1. The number of ketones is 2. The molecule has 2 N–H and O–H groups in total. The second kappa shape index (κ2) is 6.81. The summed E-state index contributed by atoms with van der Waals surface area (Å²) in [5, 5.41) is 9.04. The van der Waals surface area contributed by atoms with Crippen LogP contribution >= 0.6 is 0 Å². The highest BCUT2D eigenvalue weighted by Crippen LogP contribution is 2.20. The summed E-state index contributed by atoms with van der Waals surface area (Å²) in [5.74, 6) is -0.0842. The largest absolute Gasteiger partial charge is 0.395 e. The summed E-state index contributed by atoms with van der Waals surface area (Å²) in [7, 11) is 0. The minimum absolute atomic E-state index is 0.0207. The number of aliphatic hydroxyl groups is 1. The number of aromatic nitrogens is 1. The Morgan fingerprint density at radius 3 is 2.35 bits per heavy atom. The zero-order chi connectivity index (χ0) is 15.4. The fourth-order valence-corrected chi connectivity index (χ4v) is 2.65. The Morgan fingerprint density at radius 1 is 1.35 bits per heavy atom. The van der Waals surface area contributed by atoms with Gasteiger partial charge in [0.05, 0.1) is 18.3 Å². The molecule has 1 aromatic heterocycles. The molecule has 0 amide bonds. The Balaban J connectivity index is 3.09. The van der Waals surface area contributed by atoms with Crippen molar-refractivity contribution in [2.24, 2.45) is 0 Å². The van der Waals surface area contributed by atoms with Gasteiger partial charge in [-0.15, -0.1) is 0 Å². The molecule has 0 aliphatic rings. The van der Waals surface area contributed by atoms with Gasteiger partial charge in [-0.05, 0) is 39.8 Å². The molecule has 0 saturated carbocycles. The first-order valence-electron chi connectivity index (χ1n) is 6.94. The summed E-state index contributed by atoms with van der Waals surface area (Å²) in [5.41, 5.74) is 2.55. The van der Waals surface area contributed by atoms with Crippen LogP contribution in [0.15, 0.2) is 0 Å². The van der Waals surface area contributed by atoms with Gasteiger partial charge in [0.15, 0.2) is 11.6 Å². The predicted molar refractivity (Wildman–Crippen MR) is 78.4 cm³/mol. The van der Waals surface area contributed by atoms with Gasteiger partial charge in [-0.3, -0.25) is 14.5 Å². The molecule has 0 bridgehead atoms. The van der Waals surface area contributed by atoms with Crippen LogP contribution in [0.25, 0.3) is 0 Å².